The summed E-state index contributed by atoms with van der Waals surface area (Å²) < 4.78 is 32.0. The molecule has 2 aromatic carbocycles. The average molecular weight is 437 g/mol. The molecule has 29 heavy (non-hydrogen) atoms. The topological polar surface area (TPSA) is 92.8 Å². The molecule has 1 amide bonds. The number of amides is 1. The molecule has 0 radical (unpaired) electrons. The molecule has 3 rings (SSSR count). The Bertz CT molecular complexity index is 1030. The summed E-state index contributed by atoms with van der Waals surface area (Å²) in [6.45, 7) is 2.83. The zero-order valence-corrected chi connectivity index (χ0v) is 17.4. The highest BCUT2D eigenvalue weighted by Crippen LogP contribution is 2.28. The van der Waals surface area contributed by atoms with E-state index in [1.165, 1.54) is 28.6 Å². The van der Waals surface area contributed by atoms with Gasteiger partial charge in [-0.15, -0.1) is 0 Å². The molecule has 0 unspecified atom stereocenters. The van der Waals surface area contributed by atoms with E-state index in [4.69, 9.17) is 16.3 Å². The van der Waals surface area contributed by atoms with Gasteiger partial charge in [-0.3, -0.25) is 4.79 Å². The lowest BCUT2D eigenvalue weighted by atomic mass is 10.1. The molecule has 0 saturated carbocycles. The minimum Gasteiger partial charge on any atom is -0.462 e. The fourth-order valence-corrected chi connectivity index (χ4v) is 5.07. The third kappa shape index (κ3) is 4.77. The van der Waals surface area contributed by atoms with Crippen LogP contribution in [0.2, 0.25) is 5.02 Å². The van der Waals surface area contributed by atoms with Crippen molar-refractivity contribution in [3.8, 4) is 0 Å². The van der Waals surface area contributed by atoms with Gasteiger partial charge in [0.15, 0.2) is 0 Å². The molecular weight excluding hydrogens is 416 g/mol. The molecule has 2 aromatic rings. The molecule has 1 fully saturated rings. The van der Waals surface area contributed by atoms with Crippen molar-refractivity contribution in [2.75, 3.05) is 25.0 Å². The molecule has 0 aromatic heterocycles. The summed E-state index contributed by atoms with van der Waals surface area (Å²) >= 11 is 6.12. The Labute approximate surface area is 174 Å². The van der Waals surface area contributed by atoms with Crippen molar-refractivity contribution >= 4 is 39.2 Å². The summed E-state index contributed by atoms with van der Waals surface area (Å²) in [7, 11) is -3.76. The lowest BCUT2D eigenvalue weighted by Gasteiger charge is -2.17. The van der Waals surface area contributed by atoms with Crippen molar-refractivity contribution in [3.63, 3.8) is 0 Å². The van der Waals surface area contributed by atoms with Crippen molar-refractivity contribution in [2.45, 2.75) is 24.7 Å². The second kappa shape index (κ2) is 8.94. The molecule has 0 spiro atoms. The summed E-state index contributed by atoms with van der Waals surface area (Å²) in [6.07, 6.45) is 1.60. The van der Waals surface area contributed by atoms with E-state index in [-0.39, 0.29) is 22.1 Å². The summed E-state index contributed by atoms with van der Waals surface area (Å²) in [5.41, 5.74) is 0.839. The zero-order chi connectivity index (χ0) is 21.0. The third-order valence-corrected chi connectivity index (χ3v) is 6.89. The number of carbonyl (C=O) groups excluding carboxylic acids is 2. The number of esters is 1. The van der Waals surface area contributed by atoms with Crippen molar-refractivity contribution in [1.29, 1.82) is 0 Å². The van der Waals surface area contributed by atoms with Crippen LogP contribution in [0.15, 0.2) is 47.4 Å². The van der Waals surface area contributed by atoms with Crippen LogP contribution in [0.3, 0.4) is 0 Å². The van der Waals surface area contributed by atoms with Crippen LogP contribution >= 0.6 is 11.6 Å². The standard InChI is InChI=1S/C20H21ClN2O5S/c1-2-28-20(25)15-6-5-7-16(12-15)22-19(24)14-8-9-17(21)18(13-14)29(26,27)23-10-3-4-11-23/h5-9,12-13H,2-4,10-11H2,1H3,(H,22,24). The highest BCUT2D eigenvalue weighted by atomic mass is 35.5. The van der Waals surface area contributed by atoms with Gasteiger partial charge in [0.1, 0.15) is 4.90 Å². The van der Waals surface area contributed by atoms with Crippen LogP contribution in [0.5, 0.6) is 0 Å². The number of rotatable bonds is 6. The highest BCUT2D eigenvalue weighted by Gasteiger charge is 2.29. The predicted octanol–water partition coefficient (Wildman–Crippen LogP) is 3.55. The SMILES string of the molecule is CCOC(=O)c1cccc(NC(=O)c2ccc(Cl)c(S(=O)(=O)N3CCCC3)c2)c1. The first-order valence-electron chi connectivity index (χ1n) is 9.21. The Morgan fingerprint density at radius 1 is 1.10 bits per heavy atom. The summed E-state index contributed by atoms with van der Waals surface area (Å²) in [4.78, 5) is 24.4. The quantitative estimate of drug-likeness (QED) is 0.699. The van der Waals surface area contributed by atoms with Crippen molar-refractivity contribution < 1.29 is 22.7 Å². The summed E-state index contributed by atoms with van der Waals surface area (Å²) in [6, 6.07) is 10.4. The lowest BCUT2D eigenvalue weighted by molar-refractivity contribution is 0.0526. The summed E-state index contributed by atoms with van der Waals surface area (Å²) in [5.74, 6) is -1.00. The van der Waals surface area contributed by atoms with Gasteiger partial charge in [-0.2, -0.15) is 4.31 Å². The Hall–Kier alpha value is -2.42. The summed E-state index contributed by atoms with van der Waals surface area (Å²) in [5, 5.41) is 2.73. The molecule has 0 atom stereocenters. The third-order valence-electron chi connectivity index (χ3n) is 4.51. The molecule has 0 aliphatic carbocycles. The van der Waals surface area contributed by atoms with E-state index < -0.39 is 21.9 Å². The van der Waals surface area contributed by atoms with Gasteiger partial charge in [-0.05, 0) is 56.2 Å². The zero-order valence-electron chi connectivity index (χ0n) is 15.9. The van der Waals surface area contributed by atoms with Gasteiger partial charge in [0, 0.05) is 24.3 Å². The molecule has 1 saturated heterocycles. The number of ether oxygens (including phenoxy) is 1. The van der Waals surface area contributed by atoms with Gasteiger partial charge in [0.25, 0.3) is 5.91 Å². The van der Waals surface area contributed by atoms with Gasteiger partial charge < -0.3 is 10.1 Å². The molecule has 9 heteroatoms. The number of hydrogen-bond acceptors (Lipinski definition) is 5. The van der Waals surface area contributed by atoms with Crippen molar-refractivity contribution in [3.05, 3.63) is 58.6 Å². The number of sulfonamides is 1. The number of hydrogen-bond donors (Lipinski definition) is 1. The van der Waals surface area contributed by atoms with E-state index >= 15 is 0 Å². The Kier molecular flexibility index (Phi) is 6.56. The average Bonchev–Trinajstić information content (AvgIpc) is 3.24. The second-order valence-corrected chi connectivity index (χ2v) is 8.83. The normalized spacial score (nSPS) is 14.6. The maximum Gasteiger partial charge on any atom is 0.338 e. The van der Waals surface area contributed by atoms with Gasteiger partial charge >= 0.3 is 5.97 Å². The molecule has 1 aliphatic heterocycles. The highest BCUT2D eigenvalue weighted by molar-refractivity contribution is 7.89. The van der Waals surface area contributed by atoms with Gasteiger partial charge in [0.05, 0.1) is 17.2 Å². The largest absolute Gasteiger partial charge is 0.462 e. The van der Waals surface area contributed by atoms with Crippen LogP contribution < -0.4 is 5.32 Å². The van der Waals surface area contributed by atoms with Crippen molar-refractivity contribution in [2.24, 2.45) is 0 Å². The Morgan fingerprint density at radius 3 is 2.52 bits per heavy atom. The maximum atomic E-state index is 12.8. The van der Waals surface area contributed by atoms with E-state index in [1.54, 1.807) is 25.1 Å². The number of anilines is 1. The number of halogens is 1. The Balaban J connectivity index is 1.84. The van der Waals surface area contributed by atoms with E-state index in [0.29, 0.717) is 24.3 Å². The molecule has 154 valence electrons. The molecule has 1 aliphatic rings. The van der Waals surface area contributed by atoms with Crippen molar-refractivity contribution in [1.82, 2.24) is 4.31 Å². The van der Waals surface area contributed by atoms with Gasteiger partial charge in [0.2, 0.25) is 10.0 Å². The number of nitrogens with zero attached hydrogens (tertiary/aromatic N) is 1. The monoisotopic (exact) mass is 436 g/mol. The second-order valence-electron chi connectivity index (χ2n) is 6.51. The fraction of sp³-hybridized carbons (Fsp3) is 0.300. The first kappa shape index (κ1) is 21.3. The number of carbonyl (C=O) groups is 2. The first-order valence-corrected chi connectivity index (χ1v) is 11.0. The fourth-order valence-electron chi connectivity index (χ4n) is 3.05. The van der Waals surface area contributed by atoms with Gasteiger partial charge in [-0.25, -0.2) is 13.2 Å². The smallest absolute Gasteiger partial charge is 0.338 e. The van der Waals surface area contributed by atoms with Crippen LogP contribution in [-0.4, -0.2) is 44.3 Å². The Morgan fingerprint density at radius 2 is 1.83 bits per heavy atom. The van der Waals surface area contributed by atoms with Gasteiger partial charge in [-0.1, -0.05) is 17.7 Å². The van der Waals surface area contributed by atoms with E-state index in [2.05, 4.69) is 5.32 Å². The molecule has 1 heterocycles. The minimum atomic E-state index is -3.76. The maximum absolute atomic E-state index is 12.8. The number of benzene rings is 2. The lowest BCUT2D eigenvalue weighted by Crippen LogP contribution is -2.28. The van der Waals surface area contributed by atoms with Crippen LogP contribution in [0, 0.1) is 0 Å². The first-order chi connectivity index (χ1) is 13.8. The van der Waals surface area contributed by atoms with E-state index in [9.17, 15) is 18.0 Å². The van der Waals surface area contributed by atoms with Crippen LogP contribution in [0.4, 0.5) is 5.69 Å². The minimum absolute atomic E-state index is 0.0674. The van der Waals surface area contributed by atoms with Crippen LogP contribution in [-0.2, 0) is 14.8 Å². The predicted molar refractivity (Wildman–Crippen MR) is 110 cm³/mol. The van der Waals surface area contributed by atoms with Crippen LogP contribution in [0.1, 0.15) is 40.5 Å². The molecule has 1 N–H and O–H groups in total. The molecular formula is C20H21ClN2O5S. The van der Waals surface area contributed by atoms with Crippen LogP contribution in [0.25, 0.3) is 0 Å². The molecule has 0 bridgehead atoms. The number of nitrogens with one attached hydrogen (secondary N) is 1. The molecule has 7 nitrogen and oxygen atoms in total. The van der Waals surface area contributed by atoms with E-state index in [0.717, 1.165) is 12.8 Å². The van der Waals surface area contributed by atoms with E-state index in [1.807, 2.05) is 0 Å².